The van der Waals surface area contributed by atoms with Gasteiger partial charge < -0.3 is 30.0 Å². The van der Waals surface area contributed by atoms with Crippen molar-refractivity contribution < 1.29 is 19.3 Å². The van der Waals surface area contributed by atoms with Crippen LogP contribution in [0.15, 0.2) is 60.7 Å². The number of aliphatic hydroxyl groups excluding tert-OH is 1. The van der Waals surface area contributed by atoms with E-state index in [0.29, 0.717) is 23.6 Å². The number of hydrogen-bond donors (Lipinski definition) is 3. The van der Waals surface area contributed by atoms with E-state index in [1.165, 1.54) is 11.1 Å². The summed E-state index contributed by atoms with van der Waals surface area (Å²) < 4.78 is 17.3. The Balaban J connectivity index is 1.05. The van der Waals surface area contributed by atoms with Crippen molar-refractivity contribution in [1.29, 1.82) is 0 Å². The van der Waals surface area contributed by atoms with E-state index in [4.69, 9.17) is 31.5 Å². The van der Waals surface area contributed by atoms with Crippen LogP contribution in [0.3, 0.4) is 0 Å². The van der Waals surface area contributed by atoms with Gasteiger partial charge in [0.25, 0.3) is 6.01 Å². The van der Waals surface area contributed by atoms with Crippen molar-refractivity contribution in [3.63, 3.8) is 0 Å². The molecule has 0 unspecified atom stereocenters. The number of nitrogens with zero attached hydrogens (tertiary/aromatic N) is 2. The second-order valence-electron chi connectivity index (χ2n) is 10.8. The molecule has 9 heteroatoms. The zero-order chi connectivity index (χ0) is 26.5. The highest BCUT2D eigenvalue weighted by atomic mass is 35.5. The Kier molecular flexibility index (Phi) is 6.55. The van der Waals surface area contributed by atoms with Crippen LogP contribution in [0, 0.1) is 5.92 Å². The average molecular weight is 547 g/mol. The van der Waals surface area contributed by atoms with E-state index in [0.717, 1.165) is 53.9 Å². The first kappa shape index (κ1) is 25.0. The highest BCUT2D eigenvalue weighted by Gasteiger charge is 2.48. The topological polar surface area (TPSA) is 106 Å². The number of hydrogen-bond acceptors (Lipinski definition) is 7. The summed E-state index contributed by atoms with van der Waals surface area (Å²) in [6, 6.07) is 21.4. The molecule has 0 spiro atoms. The molecule has 7 rings (SSSR count). The highest BCUT2D eigenvalue weighted by Crippen LogP contribution is 2.35. The van der Waals surface area contributed by atoms with Crippen LogP contribution in [0.4, 0.5) is 0 Å². The van der Waals surface area contributed by atoms with E-state index in [2.05, 4.69) is 63.4 Å². The number of likely N-dealkylation sites (tertiary alicyclic amines) is 1. The van der Waals surface area contributed by atoms with Crippen LogP contribution >= 0.6 is 11.6 Å². The fourth-order valence-corrected chi connectivity index (χ4v) is 6.10. The quantitative estimate of drug-likeness (QED) is 0.323. The van der Waals surface area contributed by atoms with E-state index < -0.39 is 6.10 Å². The number of imidazole rings is 1. The molecule has 3 fully saturated rings. The smallest absolute Gasteiger partial charge is 0.295 e. The minimum Gasteiger partial charge on any atom is -0.456 e. The Morgan fingerprint density at radius 2 is 1.67 bits per heavy atom. The predicted molar refractivity (Wildman–Crippen MR) is 150 cm³/mol. The fraction of sp³-hybridized carbons (Fsp3) is 0.367. The number of rotatable bonds is 7. The molecule has 4 N–H and O–H groups in total. The number of H-pyrrole nitrogens is 1. The van der Waals surface area contributed by atoms with Crippen LogP contribution in [-0.2, 0) is 16.0 Å². The second kappa shape index (κ2) is 10.2. The number of aromatic amines is 1. The molecule has 3 saturated heterocycles. The third-order valence-electron chi connectivity index (χ3n) is 8.05. The van der Waals surface area contributed by atoms with Gasteiger partial charge in [0, 0.05) is 25.2 Å². The monoisotopic (exact) mass is 546 g/mol. The van der Waals surface area contributed by atoms with Crippen LogP contribution in [0.5, 0.6) is 6.01 Å². The SMILES string of the molecule is NCC1CN(Cc2ccc(-c3ccc(-c4cc5nc(O[C@@H]6CO[C@H]7[C@@H]6OC[C@H]7O)[nH]c5cc4Cl)cc3)cc2)C1. The summed E-state index contributed by atoms with van der Waals surface area (Å²) >= 11 is 6.69. The Hall–Kier alpha value is -2.98. The summed E-state index contributed by atoms with van der Waals surface area (Å²) in [4.78, 5) is 10.3. The summed E-state index contributed by atoms with van der Waals surface area (Å²) in [5, 5.41) is 10.6. The molecule has 4 heterocycles. The lowest BCUT2D eigenvalue weighted by Crippen LogP contribution is -2.49. The molecule has 0 aliphatic carbocycles. The van der Waals surface area contributed by atoms with E-state index in [1.807, 2.05) is 12.1 Å². The van der Waals surface area contributed by atoms with Crippen molar-refractivity contribution in [1.82, 2.24) is 14.9 Å². The number of nitrogens with two attached hydrogens (primary N) is 1. The van der Waals surface area contributed by atoms with Crippen LogP contribution < -0.4 is 10.5 Å². The average Bonchev–Trinajstić information content (AvgIpc) is 3.62. The minimum absolute atomic E-state index is 0.257. The molecule has 0 amide bonds. The molecule has 3 aliphatic heterocycles. The number of benzene rings is 3. The minimum atomic E-state index is -0.619. The molecular formula is C30H31ClN4O4. The van der Waals surface area contributed by atoms with E-state index in [-0.39, 0.29) is 24.9 Å². The van der Waals surface area contributed by atoms with Gasteiger partial charge in [0.1, 0.15) is 18.3 Å². The molecule has 39 heavy (non-hydrogen) atoms. The van der Waals surface area contributed by atoms with Gasteiger partial charge in [0.2, 0.25) is 0 Å². The molecule has 4 aromatic rings. The summed E-state index contributed by atoms with van der Waals surface area (Å²) in [6.07, 6.45) is -1.60. The number of halogens is 1. The van der Waals surface area contributed by atoms with Gasteiger partial charge in [-0.25, -0.2) is 0 Å². The summed E-state index contributed by atoms with van der Waals surface area (Å²) in [7, 11) is 0. The number of fused-ring (bicyclic) bond motifs is 2. The summed E-state index contributed by atoms with van der Waals surface area (Å²) in [5.74, 6) is 0.651. The van der Waals surface area contributed by atoms with E-state index in [1.54, 1.807) is 0 Å². The maximum absolute atomic E-state index is 9.96. The van der Waals surface area contributed by atoms with Gasteiger partial charge in [0.05, 0.1) is 29.3 Å². The lowest BCUT2D eigenvalue weighted by molar-refractivity contribution is 0.00706. The van der Waals surface area contributed by atoms with Crippen LogP contribution in [-0.4, -0.2) is 77.2 Å². The summed E-state index contributed by atoms with van der Waals surface area (Å²) in [6.45, 7) is 4.54. The van der Waals surface area contributed by atoms with Crippen LogP contribution in [0.1, 0.15) is 5.56 Å². The Morgan fingerprint density at radius 1 is 0.974 bits per heavy atom. The molecule has 4 atom stereocenters. The lowest BCUT2D eigenvalue weighted by atomic mass is 9.97. The maximum atomic E-state index is 9.96. The van der Waals surface area contributed by atoms with Gasteiger partial charge in [-0.15, -0.1) is 0 Å². The van der Waals surface area contributed by atoms with Gasteiger partial charge in [-0.1, -0.05) is 60.1 Å². The number of nitrogens with one attached hydrogen (secondary N) is 1. The molecule has 3 aromatic carbocycles. The second-order valence-corrected chi connectivity index (χ2v) is 11.2. The van der Waals surface area contributed by atoms with Crippen molar-refractivity contribution in [3.05, 3.63) is 71.2 Å². The lowest BCUT2D eigenvalue weighted by Gasteiger charge is -2.38. The van der Waals surface area contributed by atoms with E-state index >= 15 is 0 Å². The van der Waals surface area contributed by atoms with E-state index in [9.17, 15) is 5.11 Å². The standard InChI is InChI=1S/C30H31ClN4O4/c31-23-10-25-24(33-30(34-25)39-27-16-38-28-26(36)15-37-29(27)28)9-22(23)21-7-5-20(6-8-21)19-3-1-17(2-4-19)12-35-13-18(11-32)14-35/h1-10,18,26-29,36H,11-16,32H2,(H,33,34)/t26-,27-,28-,29-/m1/s1. The van der Waals surface area contributed by atoms with Gasteiger partial charge in [-0.3, -0.25) is 4.90 Å². The van der Waals surface area contributed by atoms with Crippen molar-refractivity contribution in [2.75, 3.05) is 32.8 Å². The van der Waals surface area contributed by atoms with Gasteiger partial charge >= 0.3 is 0 Å². The number of ether oxygens (including phenoxy) is 3. The Morgan fingerprint density at radius 3 is 2.41 bits per heavy atom. The van der Waals surface area contributed by atoms with Crippen molar-refractivity contribution in [2.45, 2.75) is 31.0 Å². The van der Waals surface area contributed by atoms with Gasteiger partial charge in [0.15, 0.2) is 6.10 Å². The molecule has 0 radical (unpaired) electrons. The molecule has 3 aliphatic rings. The Labute approximate surface area is 231 Å². The van der Waals surface area contributed by atoms with Gasteiger partial charge in [-0.05, 0) is 46.8 Å². The molecule has 1 aromatic heterocycles. The van der Waals surface area contributed by atoms with Crippen LogP contribution in [0.2, 0.25) is 5.02 Å². The third-order valence-corrected chi connectivity index (χ3v) is 8.36. The molecule has 8 nitrogen and oxygen atoms in total. The zero-order valence-corrected chi connectivity index (χ0v) is 22.2. The maximum Gasteiger partial charge on any atom is 0.295 e. The number of aromatic nitrogens is 2. The molecule has 0 saturated carbocycles. The first-order chi connectivity index (χ1) is 19.0. The fourth-order valence-electron chi connectivity index (χ4n) is 5.83. The van der Waals surface area contributed by atoms with Crippen molar-refractivity contribution >= 4 is 22.6 Å². The molecule has 202 valence electrons. The first-order valence-corrected chi connectivity index (χ1v) is 13.8. The molecular weight excluding hydrogens is 516 g/mol. The molecule has 0 bridgehead atoms. The van der Waals surface area contributed by atoms with Crippen molar-refractivity contribution in [2.24, 2.45) is 11.7 Å². The van der Waals surface area contributed by atoms with Crippen molar-refractivity contribution in [3.8, 4) is 28.3 Å². The highest BCUT2D eigenvalue weighted by molar-refractivity contribution is 6.34. The summed E-state index contributed by atoms with van der Waals surface area (Å²) in [5.41, 5.74) is 12.9. The zero-order valence-electron chi connectivity index (χ0n) is 21.4. The van der Waals surface area contributed by atoms with Gasteiger partial charge in [-0.2, -0.15) is 4.98 Å². The Bertz CT molecular complexity index is 1470. The largest absolute Gasteiger partial charge is 0.456 e. The first-order valence-electron chi connectivity index (χ1n) is 13.4. The normalized spacial score (nSPS) is 25.2. The predicted octanol–water partition coefficient (Wildman–Crippen LogP) is 3.85. The van der Waals surface area contributed by atoms with Crippen LogP contribution in [0.25, 0.3) is 33.3 Å². The number of aliphatic hydroxyl groups is 1. The third kappa shape index (κ3) is 4.82.